The summed E-state index contributed by atoms with van der Waals surface area (Å²) in [6, 6.07) is 11.3. The zero-order valence-corrected chi connectivity index (χ0v) is 17.7. The Labute approximate surface area is 174 Å². The van der Waals surface area contributed by atoms with Gasteiger partial charge in [0.25, 0.3) is 15.7 Å². The Hall–Kier alpha value is -3.14. The number of rotatable bonds is 4. The Morgan fingerprint density at radius 1 is 1.17 bits per heavy atom. The molecule has 1 amide bonds. The molecule has 0 bridgehead atoms. The number of sulfonamides is 1. The van der Waals surface area contributed by atoms with E-state index in [9.17, 15) is 23.3 Å². The zero-order chi connectivity index (χ0) is 22.1. The Morgan fingerprint density at radius 3 is 2.40 bits per heavy atom. The number of carbonyl (C=O) groups is 1. The van der Waals surface area contributed by atoms with Crippen LogP contribution < -0.4 is 9.62 Å². The maximum atomic E-state index is 13.3. The molecule has 1 aliphatic heterocycles. The number of anilines is 1. The maximum absolute atomic E-state index is 13.3. The van der Waals surface area contributed by atoms with Gasteiger partial charge >= 0.3 is 6.09 Å². The lowest BCUT2D eigenvalue weighted by Gasteiger charge is -2.35. The van der Waals surface area contributed by atoms with E-state index >= 15 is 0 Å². The van der Waals surface area contributed by atoms with Gasteiger partial charge in [-0.2, -0.15) is 0 Å². The average molecular weight is 433 g/mol. The fraction of sp³-hybridized carbons (Fsp3) is 0.350. The van der Waals surface area contributed by atoms with Gasteiger partial charge in [0.2, 0.25) is 0 Å². The van der Waals surface area contributed by atoms with E-state index in [0.29, 0.717) is 12.1 Å². The first-order valence-corrected chi connectivity index (χ1v) is 10.8. The molecule has 1 heterocycles. The summed E-state index contributed by atoms with van der Waals surface area (Å²) in [5.74, 6) is 0. The van der Waals surface area contributed by atoms with Gasteiger partial charge in [0.15, 0.2) is 0 Å². The Kier molecular flexibility index (Phi) is 5.71. The smallest absolute Gasteiger partial charge is 0.407 e. The van der Waals surface area contributed by atoms with E-state index in [0.717, 1.165) is 17.7 Å². The van der Waals surface area contributed by atoms with Gasteiger partial charge in [-0.3, -0.25) is 14.4 Å². The van der Waals surface area contributed by atoms with Crippen LogP contribution in [0.15, 0.2) is 53.4 Å². The molecule has 0 aliphatic carbocycles. The van der Waals surface area contributed by atoms with Gasteiger partial charge in [0, 0.05) is 12.1 Å². The van der Waals surface area contributed by atoms with Gasteiger partial charge < -0.3 is 10.1 Å². The van der Waals surface area contributed by atoms with Crippen LogP contribution in [0.2, 0.25) is 0 Å². The molecule has 160 valence electrons. The highest BCUT2D eigenvalue weighted by Crippen LogP contribution is 2.32. The number of amides is 1. The summed E-state index contributed by atoms with van der Waals surface area (Å²) in [6.07, 6.45) is -0.179. The van der Waals surface area contributed by atoms with Crippen molar-refractivity contribution in [1.82, 2.24) is 5.32 Å². The largest absolute Gasteiger partial charge is 0.444 e. The minimum atomic E-state index is -4.00. The molecular formula is C20H23N3O6S. The second kappa shape index (κ2) is 7.94. The number of nitro benzene ring substituents is 1. The zero-order valence-electron chi connectivity index (χ0n) is 16.9. The number of non-ortho nitro benzene ring substituents is 1. The monoisotopic (exact) mass is 433 g/mol. The van der Waals surface area contributed by atoms with E-state index in [1.165, 1.54) is 16.4 Å². The summed E-state index contributed by atoms with van der Waals surface area (Å²) >= 11 is 0. The molecule has 2 aromatic carbocycles. The number of nitrogens with one attached hydrogen (secondary N) is 1. The second-order valence-corrected chi connectivity index (χ2v) is 9.83. The van der Waals surface area contributed by atoms with Gasteiger partial charge in [-0.25, -0.2) is 13.2 Å². The minimum absolute atomic E-state index is 0.00950. The summed E-state index contributed by atoms with van der Waals surface area (Å²) in [5.41, 5.74) is 0.395. The van der Waals surface area contributed by atoms with Crippen molar-refractivity contribution >= 4 is 27.5 Å². The lowest BCUT2D eigenvalue weighted by Crippen LogP contribution is -2.51. The van der Waals surface area contributed by atoms with Gasteiger partial charge in [-0.15, -0.1) is 0 Å². The fourth-order valence-corrected chi connectivity index (χ4v) is 4.77. The van der Waals surface area contributed by atoms with Crippen molar-refractivity contribution in [3.8, 4) is 0 Å². The number of nitro groups is 1. The van der Waals surface area contributed by atoms with E-state index < -0.39 is 32.7 Å². The molecule has 0 spiro atoms. The van der Waals surface area contributed by atoms with Crippen molar-refractivity contribution in [2.45, 2.75) is 43.7 Å². The van der Waals surface area contributed by atoms with Crippen molar-refractivity contribution < 1.29 is 22.9 Å². The lowest BCUT2D eigenvalue weighted by atomic mass is 10.00. The number of fused-ring (bicyclic) bond motifs is 1. The van der Waals surface area contributed by atoms with Crippen LogP contribution in [0, 0.1) is 10.1 Å². The average Bonchev–Trinajstić information content (AvgIpc) is 2.65. The highest BCUT2D eigenvalue weighted by Gasteiger charge is 2.34. The second-order valence-electron chi connectivity index (χ2n) is 7.96. The summed E-state index contributed by atoms with van der Waals surface area (Å²) in [4.78, 5) is 22.4. The number of alkyl carbamates (subject to hydrolysis) is 1. The molecule has 1 N–H and O–H groups in total. The van der Waals surface area contributed by atoms with Crippen molar-refractivity contribution in [1.29, 1.82) is 0 Å². The minimum Gasteiger partial charge on any atom is -0.444 e. The summed E-state index contributed by atoms with van der Waals surface area (Å²) in [5, 5.41) is 13.6. The van der Waals surface area contributed by atoms with Crippen molar-refractivity contribution in [3.63, 3.8) is 0 Å². The molecule has 0 aromatic heterocycles. The SMILES string of the molecule is CC(C)(C)OC(=O)NC1Cc2ccccc2N(S(=O)(=O)c2ccc([N+](=O)[O-])cc2)C1. The number of benzene rings is 2. The molecule has 9 nitrogen and oxygen atoms in total. The third-order valence-electron chi connectivity index (χ3n) is 4.47. The van der Waals surface area contributed by atoms with Crippen molar-refractivity contribution in [3.05, 3.63) is 64.2 Å². The Bertz CT molecular complexity index is 1060. The highest BCUT2D eigenvalue weighted by molar-refractivity contribution is 7.92. The molecule has 1 unspecified atom stereocenters. The van der Waals surface area contributed by atoms with Crippen LogP contribution in [-0.2, 0) is 21.2 Å². The van der Waals surface area contributed by atoms with Crippen molar-refractivity contribution in [2.75, 3.05) is 10.8 Å². The van der Waals surface area contributed by atoms with Crippen LogP contribution >= 0.6 is 0 Å². The maximum Gasteiger partial charge on any atom is 0.407 e. The van der Waals surface area contributed by atoms with Crippen LogP contribution in [-0.4, -0.2) is 37.6 Å². The van der Waals surface area contributed by atoms with E-state index in [2.05, 4.69) is 5.32 Å². The molecule has 0 saturated heterocycles. The van der Waals surface area contributed by atoms with Crippen molar-refractivity contribution in [2.24, 2.45) is 0 Å². The van der Waals surface area contributed by atoms with Gasteiger partial charge in [-0.1, -0.05) is 18.2 Å². The number of ether oxygens (including phenoxy) is 1. The molecule has 3 rings (SSSR count). The van der Waals surface area contributed by atoms with Gasteiger partial charge in [-0.05, 0) is 51.0 Å². The number of para-hydroxylation sites is 1. The standard InChI is InChI=1S/C20H23N3O6S/c1-20(2,3)29-19(24)21-15-12-14-6-4-5-7-18(14)22(13-15)30(27,28)17-10-8-16(9-11-17)23(25)26/h4-11,15H,12-13H2,1-3H3,(H,21,24). The molecule has 0 radical (unpaired) electrons. The van der Waals surface area contributed by atoms with Crippen LogP contribution in [0.25, 0.3) is 0 Å². The third kappa shape index (κ3) is 4.70. The molecule has 10 heteroatoms. The first-order valence-electron chi connectivity index (χ1n) is 9.32. The number of nitrogens with zero attached hydrogens (tertiary/aromatic N) is 2. The highest BCUT2D eigenvalue weighted by atomic mass is 32.2. The first-order chi connectivity index (χ1) is 14.0. The number of hydrogen-bond donors (Lipinski definition) is 1. The van der Waals surface area contributed by atoms with E-state index in [1.807, 2.05) is 0 Å². The number of carbonyl (C=O) groups excluding carboxylic acids is 1. The van der Waals surface area contributed by atoms with Crippen LogP contribution in [0.1, 0.15) is 26.3 Å². The summed E-state index contributed by atoms with van der Waals surface area (Å²) in [6.45, 7) is 5.24. The molecule has 1 aliphatic rings. The van der Waals surface area contributed by atoms with E-state index in [-0.39, 0.29) is 17.1 Å². The molecule has 2 aromatic rings. The Morgan fingerprint density at radius 2 is 1.80 bits per heavy atom. The fourth-order valence-electron chi connectivity index (χ4n) is 3.22. The molecule has 30 heavy (non-hydrogen) atoms. The number of hydrogen-bond acceptors (Lipinski definition) is 6. The van der Waals surface area contributed by atoms with Gasteiger partial charge in [0.05, 0.1) is 28.1 Å². The third-order valence-corrected chi connectivity index (χ3v) is 6.26. The molecular weight excluding hydrogens is 410 g/mol. The van der Waals surface area contributed by atoms with E-state index in [1.54, 1.807) is 45.0 Å². The van der Waals surface area contributed by atoms with Crippen LogP contribution in [0.5, 0.6) is 0 Å². The van der Waals surface area contributed by atoms with Crippen LogP contribution in [0.4, 0.5) is 16.2 Å². The predicted molar refractivity (Wildman–Crippen MR) is 111 cm³/mol. The molecule has 0 fully saturated rings. The van der Waals surface area contributed by atoms with Gasteiger partial charge in [0.1, 0.15) is 5.60 Å². The van der Waals surface area contributed by atoms with E-state index in [4.69, 9.17) is 4.74 Å². The lowest BCUT2D eigenvalue weighted by molar-refractivity contribution is -0.384. The topological polar surface area (TPSA) is 119 Å². The predicted octanol–water partition coefficient (Wildman–Crippen LogP) is 3.24. The normalized spacial score (nSPS) is 16.5. The molecule has 0 saturated carbocycles. The Balaban J connectivity index is 1.92. The quantitative estimate of drug-likeness (QED) is 0.584. The first kappa shape index (κ1) is 21.6. The summed E-state index contributed by atoms with van der Waals surface area (Å²) in [7, 11) is -4.00. The summed E-state index contributed by atoms with van der Waals surface area (Å²) < 4.78 is 33.1. The molecule has 1 atom stereocenters. The van der Waals surface area contributed by atoms with Crippen LogP contribution in [0.3, 0.4) is 0 Å².